The van der Waals surface area contributed by atoms with Crippen LogP contribution in [-0.2, 0) is 9.16 Å². The highest BCUT2D eigenvalue weighted by molar-refractivity contribution is 6.74. The van der Waals surface area contributed by atoms with Crippen LogP contribution in [0, 0.1) is 0 Å². The van der Waals surface area contributed by atoms with Crippen molar-refractivity contribution < 1.29 is 14.0 Å². The first-order chi connectivity index (χ1) is 8.82. The molecule has 4 nitrogen and oxygen atoms in total. The Balaban J connectivity index is 2.58. The smallest absolute Gasteiger partial charge is 0.414 e. The lowest BCUT2D eigenvalue weighted by Gasteiger charge is -2.38. The van der Waals surface area contributed by atoms with Crippen LogP contribution >= 0.6 is 0 Å². The molecule has 1 atom stereocenters. The molecular weight excluding hydrogens is 270 g/mol. The van der Waals surface area contributed by atoms with Crippen molar-refractivity contribution in [2.75, 3.05) is 6.54 Å². The van der Waals surface area contributed by atoms with E-state index in [1.54, 1.807) is 11.1 Å². The van der Waals surface area contributed by atoms with Gasteiger partial charge in [0.2, 0.25) is 0 Å². The average Bonchev–Trinajstić information content (AvgIpc) is 2.60. The summed E-state index contributed by atoms with van der Waals surface area (Å²) in [6.45, 7) is 17.2. The number of carbonyl (C=O) groups excluding carboxylic acids is 1. The van der Waals surface area contributed by atoms with Crippen molar-refractivity contribution in [1.82, 2.24) is 4.90 Å². The van der Waals surface area contributed by atoms with E-state index >= 15 is 0 Å². The molecular formula is C15H29NO3Si. The highest BCUT2D eigenvalue weighted by Crippen LogP contribution is 2.38. The molecule has 0 N–H and O–H groups in total. The maximum absolute atomic E-state index is 12.0. The summed E-state index contributed by atoms with van der Waals surface area (Å²) in [5.74, 6) is 0. The third-order valence-electron chi connectivity index (χ3n) is 3.74. The van der Waals surface area contributed by atoms with Gasteiger partial charge in [-0.2, -0.15) is 0 Å². The number of hydrogen-bond donors (Lipinski definition) is 0. The monoisotopic (exact) mass is 299 g/mol. The lowest BCUT2D eigenvalue weighted by molar-refractivity contribution is 0.0316. The van der Waals surface area contributed by atoms with Crippen LogP contribution in [0.25, 0.3) is 0 Å². The van der Waals surface area contributed by atoms with Crippen LogP contribution in [-0.4, -0.2) is 37.6 Å². The quantitative estimate of drug-likeness (QED) is 0.719. The highest BCUT2D eigenvalue weighted by atomic mass is 28.4. The summed E-state index contributed by atoms with van der Waals surface area (Å²) in [5, 5.41) is 0.167. The second-order valence-electron chi connectivity index (χ2n) is 7.89. The largest absolute Gasteiger partial charge is 0.443 e. The maximum Gasteiger partial charge on any atom is 0.414 e. The summed E-state index contributed by atoms with van der Waals surface area (Å²) < 4.78 is 11.6. The van der Waals surface area contributed by atoms with E-state index < -0.39 is 13.9 Å². The van der Waals surface area contributed by atoms with Gasteiger partial charge in [0, 0.05) is 6.20 Å². The van der Waals surface area contributed by atoms with E-state index in [0.29, 0.717) is 6.54 Å². The molecule has 0 saturated heterocycles. The van der Waals surface area contributed by atoms with Crippen LogP contribution in [0.3, 0.4) is 0 Å². The molecule has 116 valence electrons. The van der Waals surface area contributed by atoms with E-state index in [4.69, 9.17) is 9.16 Å². The Morgan fingerprint density at radius 1 is 1.20 bits per heavy atom. The van der Waals surface area contributed by atoms with E-state index in [9.17, 15) is 4.79 Å². The summed E-state index contributed by atoms with van der Waals surface area (Å²) in [7, 11) is -1.81. The van der Waals surface area contributed by atoms with Crippen molar-refractivity contribution in [3.05, 3.63) is 12.3 Å². The van der Waals surface area contributed by atoms with Crippen LogP contribution in [0.4, 0.5) is 4.79 Å². The van der Waals surface area contributed by atoms with Crippen LogP contribution < -0.4 is 0 Å². The Morgan fingerprint density at radius 3 is 2.20 bits per heavy atom. The SMILES string of the molecule is CC(C)(C)OC(=O)N1C=C[C@@H](O[Si](C)(C)C(C)(C)C)C1. The van der Waals surface area contributed by atoms with Gasteiger partial charge < -0.3 is 9.16 Å². The molecule has 1 aliphatic heterocycles. The van der Waals surface area contributed by atoms with Crippen molar-refractivity contribution in [2.45, 2.75) is 71.4 Å². The molecule has 0 bridgehead atoms. The molecule has 0 aliphatic carbocycles. The summed E-state index contributed by atoms with van der Waals surface area (Å²) >= 11 is 0. The summed E-state index contributed by atoms with van der Waals surface area (Å²) in [5.41, 5.74) is -0.469. The minimum Gasteiger partial charge on any atom is -0.443 e. The summed E-state index contributed by atoms with van der Waals surface area (Å²) in [6, 6.07) is 0. The fourth-order valence-electron chi connectivity index (χ4n) is 1.60. The van der Waals surface area contributed by atoms with Crippen molar-refractivity contribution in [1.29, 1.82) is 0 Å². The number of rotatable bonds is 2. The van der Waals surface area contributed by atoms with Crippen LogP contribution in [0.1, 0.15) is 41.5 Å². The third kappa shape index (κ3) is 4.63. The number of nitrogens with zero attached hydrogens (tertiary/aromatic N) is 1. The lowest BCUT2D eigenvalue weighted by atomic mass is 10.2. The molecule has 0 fully saturated rings. The van der Waals surface area contributed by atoms with Crippen LogP contribution in [0.2, 0.25) is 18.1 Å². The molecule has 1 rings (SSSR count). The Morgan fingerprint density at radius 2 is 1.75 bits per heavy atom. The second-order valence-corrected chi connectivity index (χ2v) is 12.6. The van der Waals surface area contributed by atoms with Gasteiger partial charge in [-0.1, -0.05) is 20.8 Å². The van der Waals surface area contributed by atoms with Gasteiger partial charge in [0.15, 0.2) is 8.32 Å². The van der Waals surface area contributed by atoms with Gasteiger partial charge in [-0.3, -0.25) is 4.90 Å². The zero-order chi connectivity index (χ0) is 15.8. The Labute approximate surface area is 124 Å². The van der Waals surface area contributed by atoms with Gasteiger partial charge in [-0.15, -0.1) is 0 Å². The molecule has 20 heavy (non-hydrogen) atoms. The number of amides is 1. The van der Waals surface area contributed by atoms with E-state index in [2.05, 4.69) is 33.9 Å². The zero-order valence-corrected chi connectivity index (χ0v) is 15.1. The molecule has 1 heterocycles. The Hall–Kier alpha value is -0.813. The van der Waals surface area contributed by atoms with E-state index in [0.717, 1.165) is 0 Å². The van der Waals surface area contributed by atoms with Gasteiger partial charge in [0.25, 0.3) is 0 Å². The van der Waals surface area contributed by atoms with Crippen molar-refractivity contribution in [3.63, 3.8) is 0 Å². The Bertz CT molecular complexity index is 391. The van der Waals surface area contributed by atoms with E-state index in [-0.39, 0.29) is 17.2 Å². The number of hydrogen-bond acceptors (Lipinski definition) is 3. The minimum absolute atomic E-state index is 0.0246. The first-order valence-electron chi connectivity index (χ1n) is 7.18. The van der Waals surface area contributed by atoms with E-state index in [1.165, 1.54) is 0 Å². The van der Waals surface area contributed by atoms with Crippen molar-refractivity contribution in [3.8, 4) is 0 Å². The fraction of sp³-hybridized carbons (Fsp3) is 0.800. The van der Waals surface area contributed by atoms with Gasteiger partial charge in [0.1, 0.15) is 5.60 Å². The molecule has 5 heteroatoms. The molecule has 1 aliphatic rings. The zero-order valence-electron chi connectivity index (χ0n) is 14.1. The second kappa shape index (κ2) is 5.52. The van der Waals surface area contributed by atoms with E-state index in [1.807, 2.05) is 26.8 Å². The molecule has 0 spiro atoms. The topological polar surface area (TPSA) is 38.8 Å². The molecule has 0 unspecified atom stereocenters. The first-order valence-corrected chi connectivity index (χ1v) is 10.1. The predicted octanol–water partition coefficient (Wildman–Crippen LogP) is 4.14. The van der Waals surface area contributed by atoms with Crippen LogP contribution in [0.15, 0.2) is 12.3 Å². The number of ether oxygens (including phenoxy) is 1. The standard InChI is InChI=1S/C15H29NO3Si/c1-14(2,3)18-13(17)16-10-9-12(11-16)19-20(7,8)15(4,5)6/h9-10,12H,11H2,1-8H3/t12-/m1/s1. The minimum atomic E-state index is -1.81. The fourth-order valence-corrected chi connectivity index (χ4v) is 2.87. The lowest BCUT2D eigenvalue weighted by Crippen LogP contribution is -2.45. The molecule has 0 aromatic heterocycles. The summed E-state index contributed by atoms with van der Waals surface area (Å²) in [4.78, 5) is 13.6. The van der Waals surface area contributed by atoms with Gasteiger partial charge >= 0.3 is 6.09 Å². The number of carbonyl (C=O) groups is 1. The molecule has 0 aromatic carbocycles. The van der Waals surface area contributed by atoms with Crippen LogP contribution in [0.5, 0.6) is 0 Å². The predicted molar refractivity (Wildman–Crippen MR) is 84.2 cm³/mol. The van der Waals surface area contributed by atoms with Crippen molar-refractivity contribution in [2.24, 2.45) is 0 Å². The average molecular weight is 299 g/mol. The molecule has 0 aromatic rings. The van der Waals surface area contributed by atoms with Gasteiger partial charge in [-0.25, -0.2) is 4.79 Å². The normalized spacial score (nSPS) is 20.4. The highest BCUT2D eigenvalue weighted by Gasteiger charge is 2.40. The molecule has 0 radical (unpaired) electrons. The van der Waals surface area contributed by atoms with Gasteiger partial charge in [0.05, 0.1) is 12.6 Å². The maximum atomic E-state index is 12.0. The first kappa shape index (κ1) is 17.2. The molecule has 1 amide bonds. The van der Waals surface area contributed by atoms with Crippen molar-refractivity contribution >= 4 is 14.4 Å². The third-order valence-corrected chi connectivity index (χ3v) is 8.24. The summed E-state index contributed by atoms with van der Waals surface area (Å²) in [6.07, 6.45) is 3.38. The van der Waals surface area contributed by atoms with Gasteiger partial charge in [-0.05, 0) is 45.0 Å². The Kier molecular flexibility index (Phi) is 4.76. The molecule has 0 saturated carbocycles.